The number of hydrogen-bond donors (Lipinski definition) is 1. The van der Waals surface area contributed by atoms with Gasteiger partial charge in [-0.1, -0.05) is 42.5 Å². The number of oxazole rings is 1. The molecule has 0 fully saturated rings. The Morgan fingerprint density at radius 2 is 1.82 bits per heavy atom. The Morgan fingerprint density at radius 3 is 2.64 bits per heavy atom. The number of aromatic nitrogens is 1. The number of benzene rings is 2. The van der Waals surface area contributed by atoms with Crippen LogP contribution in [0.15, 0.2) is 63.8 Å². The quantitative estimate of drug-likeness (QED) is 0.548. The van der Waals surface area contributed by atoms with Gasteiger partial charge in [0, 0.05) is 26.1 Å². The average molecular weight is 381 g/mol. The van der Waals surface area contributed by atoms with Crippen molar-refractivity contribution in [3.63, 3.8) is 0 Å². The fourth-order valence-electron chi connectivity index (χ4n) is 3.26. The lowest BCUT2D eigenvalue weighted by Gasteiger charge is -2.16. The number of nitrogens with zero attached hydrogens (tertiary/aromatic N) is 2. The number of nitrogens with one attached hydrogen (secondary N) is 1. The van der Waals surface area contributed by atoms with Crippen LogP contribution in [0.4, 0.5) is 0 Å². The van der Waals surface area contributed by atoms with E-state index in [0.717, 1.165) is 25.0 Å². The zero-order valence-electron chi connectivity index (χ0n) is 16.3. The number of para-hydroxylation sites is 2. The van der Waals surface area contributed by atoms with Gasteiger partial charge in [-0.2, -0.15) is 0 Å². The van der Waals surface area contributed by atoms with Gasteiger partial charge in [-0.25, -0.2) is 4.79 Å². The van der Waals surface area contributed by atoms with E-state index in [9.17, 15) is 9.59 Å². The number of hydrogen-bond acceptors (Lipinski definition) is 4. The Morgan fingerprint density at radius 1 is 1.07 bits per heavy atom. The molecule has 0 spiro atoms. The maximum Gasteiger partial charge on any atom is 0.419 e. The van der Waals surface area contributed by atoms with Gasteiger partial charge in [0.25, 0.3) is 0 Å². The molecule has 0 radical (unpaired) electrons. The highest BCUT2D eigenvalue weighted by molar-refractivity contribution is 5.76. The largest absolute Gasteiger partial charge is 0.419 e. The van der Waals surface area contributed by atoms with Crippen molar-refractivity contribution in [2.75, 3.05) is 20.1 Å². The van der Waals surface area contributed by atoms with E-state index in [2.05, 4.69) is 29.4 Å². The molecule has 0 aliphatic carbocycles. The summed E-state index contributed by atoms with van der Waals surface area (Å²) in [6.07, 6.45) is 1.90. The van der Waals surface area contributed by atoms with Crippen molar-refractivity contribution in [1.82, 2.24) is 14.8 Å². The number of aryl methyl sites for hydroxylation is 1. The molecule has 148 valence electrons. The van der Waals surface area contributed by atoms with Crippen LogP contribution < -0.4 is 11.1 Å². The molecule has 1 N–H and O–H groups in total. The van der Waals surface area contributed by atoms with Crippen molar-refractivity contribution < 1.29 is 9.21 Å². The fourth-order valence-corrected chi connectivity index (χ4v) is 3.26. The monoisotopic (exact) mass is 381 g/mol. The zero-order chi connectivity index (χ0) is 19.8. The molecule has 0 bridgehead atoms. The van der Waals surface area contributed by atoms with Gasteiger partial charge in [0.2, 0.25) is 5.91 Å². The smallest absolute Gasteiger partial charge is 0.408 e. The minimum absolute atomic E-state index is 0.0200. The molecule has 3 rings (SSSR count). The van der Waals surface area contributed by atoms with Crippen molar-refractivity contribution in [2.24, 2.45) is 0 Å². The van der Waals surface area contributed by atoms with Gasteiger partial charge < -0.3 is 14.6 Å². The Kier molecular flexibility index (Phi) is 7.03. The standard InChI is InChI=1S/C22H27N3O3/c1-24(17-18-9-3-2-4-10-18)15-8-14-23-21(26)13-7-16-25-19-11-5-6-12-20(19)28-22(25)27/h2-6,9-12H,7-8,13-17H2,1H3,(H,23,26). The predicted octanol–water partition coefficient (Wildman–Crippen LogP) is 3.01. The van der Waals surface area contributed by atoms with Crippen molar-refractivity contribution >= 4 is 17.0 Å². The van der Waals surface area contributed by atoms with Crippen molar-refractivity contribution in [1.29, 1.82) is 0 Å². The molecule has 0 saturated carbocycles. The van der Waals surface area contributed by atoms with Crippen LogP contribution in [0.1, 0.15) is 24.8 Å². The van der Waals surface area contributed by atoms with Crippen LogP contribution in [0.2, 0.25) is 0 Å². The molecule has 0 atom stereocenters. The third kappa shape index (κ3) is 5.57. The van der Waals surface area contributed by atoms with Crippen molar-refractivity contribution in [3.8, 4) is 0 Å². The first kappa shape index (κ1) is 19.9. The lowest BCUT2D eigenvalue weighted by molar-refractivity contribution is -0.121. The highest BCUT2D eigenvalue weighted by Crippen LogP contribution is 2.12. The minimum Gasteiger partial charge on any atom is -0.408 e. The van der Waals surface area contributed by atoms with E-state index in [4.69, 9.17) is 4.42 Å². The first-order valence-corrected chi connectivity index (χ1v) is 9.71. The first-order valence-electron chi connectivity index (χ1n) is 9.71. The average Bonchev–Trinajstić information content (AvgIpc) is 3.01. The van der Waals surface area contributed by atoms with Crippen LogP contribution in [0.25, 0.3) is 11.1 Å². The van der Waals surface area contributed by atoms with Crippen LogP contribution in [0.3, 0.4) is 0 Å². The summed E-state index contributed by atoms with van der Waals surface area (Å²) >= 11 is 0. The Bertz CT molecular complexity index is 946. The van der Waals surface area contributed by atoms with Crippen LogP contribution in [0.5, 0.6) is 0 Å². The molecule has 1 amide bonds. The number of carbonyl (C=O) groups is 1. The first-order chi connectivity index (χ1) is 13.6. The van der Waals surface area contributed by atoms with Gasteiger partial charge >= 0.3 is 5.76 Å². The lowest BCUT2D eigenvalue weighted by atomic mass is 10.2. The second-order valence-corrected chi connectivity index (χ2v) is 7.02. The second-order valence-electron chi connectivity index (χ2n) is 7.02. The summed E-state index contributed by atoms with van der Waals surface area (Å²) in [6.45, 7) is 2.96. The van der Waals surface area contributed by atoms with Gasteiger partial charge in [-0.05, 0) is 44.1 Å². The van der Waals surface area contributed by atoms with Crippen molar-refractivity contribution in [2.45, 2.75) is 32.4 Å². The van der Waals surface area contributed by atoms with Crippen LogP contribution in [-0.4, -0.2) is 35.5 Å². The van der Waals surface area contributed by atoms with E-state index < -0.39 is 0 Å². The number of carbonyl (C=O) groups excluding carboxylic acids is 1. The summed E-state index contributed by atoms with van der Waals surface area (Å²) in [5, 5.41) is 2.96. The number of amides is 1. The third-order valence-corrected chi connectivity index (χ3v) is 4.69. The maximum absolute atomic E-state index is 12.0. The highest BCUT2D eigenvalue weighted by Gasteiger charge is 2.09. The predicted molar refractivity (Wildman–Crippen MR) is 110 cm³/mol. The van der Waals surface area contributed by atoms with Crippen LogP contribution >= 0.6 is 0 Å². The van der Waals surface area contributed by atoms with Crippen LogP contribution in [0, 0.1) is 0 Å². The highest BCUT2D eigenvalue weighted by atomic mass is 16.4. The molecule has 0 aliphatic heterocycles. The molecular weight excluding hydrogens is 354 g/mol. The molecule has 6 nitrogen and oxygen atoms in total. The van der Waals surface area contributed by atoms with Gasteiger partial charge in [0.05, 0.1) is 5.52 Å². The van der Waals surface area contributed by atoms with Crippen LogP contribution in [-0.2, 0) is 17.9 Å². The number of fused-ring (bicyclic) bond motifs is 1. The van der Waals surface area contributed by atoms with E-state index in [1.165, 1.54) is 5.56 Å². The molecule has 0 saturated heterocycles. The summed E-state index contributed by atoms with van der Waals surface area (Å²) < 4.78 is 6.79. The molecule has 6 heteroatoms. The van der Waals surface area contributed by atoms with Gasteiger partial charge in [0.1, 0.15) is 0 Å². The molecular formula is C22H27N3O3. The van der Waals surface area contributed by atoms with Gasteiger partial charge in [-0.15, -0.1) is 0 Å². The third-order valence-electron chi connectivity index (χ3n) is 4.69. The normalized spacial score (nSPS) is 11.2. The molecule has 28 heavy (non-hydrogen) atoms. The zero-order valence-corrected chi connectivity index (χ0v) is 16.3. The summed E-state index contributed by atoms with van der Waals surface area (Å²) in [7, 11) is 2.09. The Balaban J connectivity index is 1.32. The molecule has 0 unspecified atom stereocenters. The van der Waals surface area contributed by atoms with E-state index >= 15 is 0 Å². The molecule has 3 aromatic rings. The van der Waals surface area contributed by atoms with Crippen molar-refractivity contribution in [3.05, 3.63) is 70.7 Å². The van der Waals surface area contributed by atoms with Gasteiger partial charge in [0.15, 0.2) is 5.58 Å². The second kappa shape index (κ2) is 9.90. The van der Waals surface area contributed by atoms with E-state index in [1.807, 2.05) is 36.4 Å². The topological polar surface area (TPSA) is 67.5 Å². The minimum atomic E-state index is -0.372. The molecule has 0 aliphatic rings. The molecule has 1 heterocycles. The summed E-state index contributed by atoms with van der Waals surface area (Å²) in [5.41, 5.74) is 2.64. The summed E-state index contributed by atoms with van der Waals surface area (Å²) in [6, 6.07) is 17.7. The molecule has 1 aromatic heterocycles. The van der Waals surface area contributed by atoms with E-state index in [-0.39, 0.29) is 11.7 Å². The number of rotatable bonds is 10. The Labute approximate surface area is 164 Å². The Hall–Kier alpha value is -2.86. The lowest BCUT2D eigenvalue weighted by Crippen LogP contribution is -2.28. The molecule has 2 aromatic carbocycles. The SMILES string of the molecule is CN(CCCNC(=O)CCCn1c(=O)oc2ccccc21)Cc1ccccc1. The fraction of sp³-hybridized carbons (Fsp3) is 0.364. The summed E-state index contributed by atoms with van der Waals surface area (Å²) in [4.78, 5) is 26.2. The summed E-state index contributed by atoms with van der Waals surface area (Å²) in [5.74, 6) is -0.352. The van der Waals surface area contributed by atoms with E-state index in [0.29, 0.717) is 31.5 Å². The van der Waals surface area contributed by atoms with Gasteiger partial charge in [-0.3, -0.25) is 9.36 Å². The van der Waals surface area contributed by atoms with E-state index in [1.54, 1.807) is 10.6 Å². The maximum atomic E-state index is 12.0.